The van der Waals surface area contributed by atoms with Crippen LogP contribution in [0.15, 0.2) is 34.8 Å². The minimum Gasteiger partial charge on any atom is -0.334 e. The summed E-state index contributed by atoms with van der Waals surface area (Å²) < 4.78 is 1.04. The molecule has 1 saturated carbocycles. The number of aromatic amines is 1. The quantitative estimate of drug-likeness (QED) is 0.874. The highest BCUT2D eigenvalue weighted by Crippen LogP contribution is 2.37. The van der Waals surface area contributed by atoms with Crippen LogP contribution in [0.4, 0.5) is 0 Å². The third-order valence-corrected chi connectivity index (χ3v) is 5.73. The van der Waals surface area contributed by atoms with Gasteiger partial charge in [0.25, 0.3) is 5.91 Å². The van der Waals surface area contributed by atoms with Gasteiger partial charge in [0.15, 0.2) is 0 Å². The Labute approximate surface area is 144 Å². The minimum absolute atomic E-state index is 0.107. The van der Waals surface area contributed by atoms with Gasteiger partial charge in [0, 0.05) is 22.6 Å². The second kappa shape index (κ2) is 6.11. The van der Waals surface area contributed by atoms with Crippen molar-refractivity contribution in [1.29, 1.82) is 0 Å². The first-order chi connectivity index (χ1) is 11.2. The molecule has 1 saturated heterocycles. The molecule has 0 bridgehead atoms. The number of hydrogen-bond donors (Lipinski definition) is 1. The van der Waals surface area contributed by atoms with Gasteiger partial charge in [-0.25, -0.2) is 0 Å². The maximum absolute atomic E-state index is 12.8. The van der Waals surface area contributed by atoms with Crippen molar-refractivity contribution in [3.05, 3.63) is 40.5 Å². The lowest BCUT2D eigenvalue weighted by atomic mass is 9.79. The molecule has 2 fully saturated rings. The van der Waals surface area contributed by atoms with Crippen molar-refractivity contribution in [1.82, 2.24) is 15.1 Å². The first kappa shape index (κ1) is 14.9. The fraction of sp³-hybridized carbons (Fsp3) is 0.444. The fourth-order valence-electron chi connectivity index (χ4n) is 3.71. The highest BCUT2D eigenvalue weighted by Gasteiger charge is 2.37. The van der Waals surface area contributed by atoms with E-state index >= 15 is 0 Å². The van der Waals surface area contributed by atoms with E-state index in [1.165, 1.54) is 19.3 Å². The van der Waals surface area contributed by atoms with Gasteiger partial charge in [-0.2, -0.15) is 5.10 Å². The number of benzene rings is 1. The van der Waals surface area contributed by atoms with E-state index in [0.29, 0.717) is 11.7 Å². The molecule has 2 heterocycles. The van der Waals surface area contributed by atoms with E-state index in [2.05, 4.69) is 31.0 Å². The lowest BCUT2D eigenvalue weighted by Gasteiger charge is -2.36. The monoisotopic (exact) mass is 373 g/mol. The number of nitrogens with zero attached hydrogens (tertiary/aromatic N) is 2. The summed E-state index contributed by atoms with van der Waals surface area (Å²) >= 11 is 3.43. The molecular weight excluding hydrogens is 354 g/mol. The molecule has 4 rings (SSSR count). The van der Waals surface area contributed by atoms with Crippen molar-refractivity contribution in [2.45, 2.75) is 38.1 Å². The van der Waals surface area contributed by atoms with Crippen molar-refractivity contribution in [3.63, 3.8) is 0 Å². The van der Waals surface area contributed by atoms with Crippen LogP contribution in [0.3, 0.4) is 0 Å². The zero-order valence-electron chi connectivity index (χ0n) is 13.0. The van der Waals surface area contributed by atoms with Gasteiger partial charge in [-0.05, 0) is 49.8 Å². The summed E-state index contributed by atoms with van der Waals surface area (Å²) in [5.74, 6) is 0.825. The number of carbonyl (C=O) groups excluding carboxylic acids is 1. The van der Waals surface area contributed by atoms with Crippen LogP contribution in [-0.2, 0) is 0 Å². The van der Waals surface area contributed by atoms with Crippen molar-refractivity contribution >= 4 is 21.8 Å². The van der Waals surface area contributed by atoms with Crippen molar-refractivity contribution in [2.75, 3.05) is 6.54 Å². The Balaban J connectivity index is 1.53. The van der Waals surface area contributed by atoms with Crippen LogP contribution in [0, 0.1) is 5.92 Å². The van der Waals surface area contributed by atoms with Crippen LogP contribution >= 0.6 is 15.9 Å². The zero-order chi connectivity index (χ0) is 15.8. The first-order valence-electron chi connectivity index (χ1n) is 8.35. The fourth-order valence-corrected chi connectivity index (χ4v) is 3.98. The maximum Gasteiger partial charge on any atom is 0.272 e. The van der Waals surface area contributed by atoms with Crippen molar-refractivity contribution in [3.8, 4) is 11.3 Å². The van der Waals surface area contributed by atoms with Gasteiger partial charge in [0.05, 0.1) is 5.69 Å². The van der Waals surface area contributed by atoms with Crippen LogP contribution in [0.1, 0.15) is 42.6 Å². The van der Waals surface area contributed by atoms with E-state index in [9.17, 15) is 4.79 Å². The first-order valence-corrected chi connectivity index (χ1v) is 9.14. The van der Waals surface area contributed by atoms with Crippen LogP contribution < -0.4 is 0 Å². The van der Waals surface area contributed by atoms with E-state index < -0.39 is 0 Å². The van der Waals surface area contributed by atoms with Crippen LogP contribution in [0.2, 0.25) is 0 Å². The Bertz CT molecular complexity index is 705. The van der Waals surface area contributed by atoms with Gasteiger partial charge in [0.1, 0.15) is 5.69 Å². The van der Waals surface area contributed by atoms with Gasteiger partial charge < -0.3 is 4.90 Å². The molecule has 4 nitrogen and oxygen atoms in total. The molecule has 1 aromatic heterocycles. The van der Waals surface area contributed by atoms with E-state index in [0.717, 1.165) is 41.0 Å². The molecule has 0 spiro atoms. The molecule has 120 valence electrons. The predicted octanol–water partition coefficient (Wildman–Crippen LogP) is 4.24. The molecule has 1 aromatic carbocycles. The Hall–Kier alpha value is -1.62. The molecule has 1 aliphatic carbocycles. The maximum atomic E-state index is 12.8. The third-order valence-electron chi connectivity index (χ3n) is 5.20. The number of amides is 1. The second-order valence-corrected chi connectivity index (χ2v) is 7.49. The number of aromatic nitrogens is 2. The molecule has 1 N–H and O–H groups in total. The number of hydrogen-bond acceptors (Lipinski definition) is 2. The summed E-state index contributed by atoms with van der Waals surface area (Å²) in [6.45, 7) is 0.882. The number of nitrogens with one attached hydrogen (secondary N) is 1. The Morgan fingerprint density at radius 3 is 2.65 bits per heavy atom. The predicted molar refractivity (Wildman–Crippen MR) is 93.1 cm³/mol. The van der Waals surface area contributed by atoms with E-state index in [1.807, 2.05) is 30.3 Å². The summed E-state index contributed by atoms with van der Waals surface area (Å²) in [6, 6.07) is 10.3. The number of halogens is 1. The number of likely N-dealkylation sites (tertiary alicyclic amines) is 1. The number of rotatable bonds is 3. The summed E-state index contributed by atoms with van der Waals surface area (Å²) in [6.07, 6.45) is 6.16. The van der Waals surface area contributed by atoms with Crippen LogP contribution in [0.25, 0.3) is 11.3 Å². The number of H-pyrrole nitrogens is 1. The normalized spacial score (nSPS) is 21.4. The van der Waals surface area contributed by atoms with Gasteiger partial charge in [-0.1, -0.05) is 34.5 Å². The van der Waals surface area contributed by atoms with Gasteiger partial charge in [0.2, 0.25) is 0 Å². The van der Waals surface area contributed by atoms with Crippen LogP contribution in [0.5, 0.6) is 0 Å². The van der Waals surface area contributed by atoms with Crippen molar-refractivity contribution < 1.29 is 4.79 Å². The average Bonchev–Trinajstić information content (AvgIpc) is 3.15. The Morgan fingerprint density at radius 1 is 1.17 bits per heavy atom. The Kier molecular flexibility index (Phi) is 3.97. The summed E-state index contributed by atoms with van der Waals surface area (Å²) in [4.78, 5) is 14.9. The van der Waals surface area contributed by atoms with E-state index in [4.69, 9.17) is 0 Å². The van der Waals surface area contributed by atoms with E-state index in [-0.39, 0.29) is 5.91 Å². The molecule has 1 unspecified atom stereocenters. The highest BCUT2D eigenvalue weighted by molar-refractivity contribution is 9.10. The summed E-state index contributed by atoms with van der Waals surface area (Å²) in [5.41, 5.74) is 2.44. The van der Waals surface area contributed by atoms with Gasteiger partial charge in [-0.15, -0.1) is 0 Å². The molecule has 2 aromatic rings. The molecule has 2 aliphatic rings. The topological polar surface area (TPSA) is 49.0 Å². The molecule has 1 amide bonds. The highest BCUT2D eigenvalue weighted by atomic mass is 79.9. The lowest BCUT2D eigenvalue weighted by Crippen LogP contribution is -2.42. The van der Waals surface area contributed by atoms with Crippen molar-refractivity contribution in [2.24, 2.45) is 5.92 Å². The second-order valence-electron chi connectivity index (χ2n) is 6.57. The standard InChI is InChI=1S/C18H20BrN3O/c19-14-8-6-12(7-9-14)15-11-16(21-20-15)18(23)22-10-2-5-17(22)13-3-1-4-13/h6-9,11,13,17H,1-5,10H2,(H,20,21). The minimum atomic E-state index is 0.107. The SMILES string of the molecule is O=C(c1cc(-c2ccc(Br)cc2)n[nH]1)N1CCCC1C1CCC1. The van der Waals surface area contributed by atoms with Gasteiger partial charge in [-0.3, -0.25) is 9.89 Å². The Morgan fingerprint density at radius 2 is 1.96 bits per heavy atom. The smallest absolute Gasteiger partial charge is 0.272 e. The average molecular weight is 374 g/mol. The number of carbonyl (C=O) groups is 1. The van der Waals surface area contributed by atoms with E-state index in [1.54, 1.807) is 0 Å². The summed E-state index contributed by atoms with van der Waals surface area (Å²) in [5, 5.41) is 7.26. The molecule has 0 radical (unpaired) electrons. The van der Waals surface area contributed by atoms with Crippen LogP contribution in [-0.4, -0.2) is 33.6 Å². The molecule has 1 atom stereocenters. The summed E-state index contributed by atoms with van der Waals surface area (Å²) in [7, 11) is 0. The molecule has 1 aliphatic heterocycles. The molecule has 5 heteroatoms. The lowest BCUT2D eigenvalue weighted by molar-refractivity contribution is 0.0620. The third kappa shape index (κ3) is 2.82. The molecule has 23 heavy (non-hydrogen) atoms. The van der Waals surface area contributed by atoms with Gasteiger partial charge >= 0.3 is 0 Å². The molecular formula is C18H20BrN3O. The largest absolute Gasteiger partial charge is 0.334 e. The zero-order valence-corrected chi connectivity index (χ0v) is 14.6.